The van der Waals surface area contributed by atoms with Gasteiger partial charge in [0.15, 0.2) is 11.8 Å². The van der Waals surface area contributed by atoms with Gasteiger partial charge in [-0.3, -0.25) is 4.68 Å². The molecule has 0 fully saturated rings. The minimum Gasteiger partial charge on any atom is -0.497 e. The van der Waals surface area contributed by atoms with Crippen molar-refractivity contribution in [3.8, 4) is 5.75 Å². The van der Waals surface area contributed by atoms with Crippen LogP contribution in [0.3, 0.4) is 0 Å². The van der Waals surface area contributed by atoms with Crippen molar-refractivity contribution in [2.75, 3.05) is 14.2 Å². The minimum absolute atomic E-state index is 0.538. The molecule has 0 radical (unpaired) electrons. The Hall–Kier alpha value is -3.36. The molecule has 154 valence electrons. The Bertz CT molecular complexity index is 957. The highest BCUT2D eigenvalue weighted by Crippen LogP contribution is 2.12. The Kier molecular flexibility index (Phi) is 6.48. The van der Waals surface area contributed by atoms with Crippen LogP contribution in [0.25, 0.3) is 0 Å². The number of hydrogen-bond acceptors (Lipinski definition) is 5. The summed E-state index contributed by atoms with van der Waals surface area (Å²) in [6.07, 6.45) is 3.87. The maximum Gasteiger partial charge on any atom is 0.194 e. The molecule has 1 aromatic carbocycles. The molecular weight excluding hydrogens is 368 g/mol. The van der Waals surface area contributed by atoms with Gasteiger partial charge in [0.25, 0.3) is 0 Å². The van der Waals surface area contributed by atoms with Gasteiger partial charge in [0, 0.05) is 39.4 Å². The molecule has 0 unspecified atom stereocenters. The molecule has 0 saturated carbocycles. The van der Waals surface area contributed by atoms with Crippen molar-refractivity contribution in [1.29, 1.82) is 0 Å². The van der Waals surface area contributed by atoms with Gasteiger partial charge in [-0.05, 0) is 24.6 Å². The van der Waals surface area contributed by atoms with Gasteiger partial charge in [0.05, 0.1) is 26.4 Å². The van der Waals surface area contributed by atoms with Crippen LogP contribution in [0.1, 0.15) is 22.8 Å². The molecule has 0 aliphatic carbocycles. The molecule has 2 aromatic heterocycles. The van der Waals surface area contributed by atoms with E-state index in [0.29, 0.717) is 19.6 Å². The van der Waals surface area contributed by atoms with E-state index in [2.05, 4.69) is 25.5 Å². The van der Waals surface area contributed by atoms with Crippen molar-refractivity contribution in [1.82, 2.24) is 34.8 Å². The summed E-state index contributed by atoms with van der Waals surface area (Å²) in [5.41, 5.74) is 2.22. The standard InChI is InChI=1S/C20H28N8O/c1-15-24-25-19(28(15)4)12-22-20(26(2)13-17-11-23-27(3)14-17)21-10-16-6-8-18(29-5)9-7-16/h6-9,11,14H,10,12-13H2,1-5H3,(H,21,22). The summed E-state index contributed by atoms with van der Waals surface area (Å²) in [5, 5.41) is 16.0. The largest absolute Gasteiger partial charge is 0.497 e. The highest BCUT2D eigenvalue weighted by Gasteiger charge is 2.11. The number of hydrogen-bond donors (Lipinski definition) is 1. The van der Waals surface area contributed by atoms with Gasteiger partial charge in [0.1, 0.15) is 11.6 Å². The number of aryl methyl sites for hydroxylation is 2. The van der Waals surface area contributed by atoms with Gasteiger partial charge in [-0.15, -0.1) is 10.2 Å². The summed E-state index contributed by atoms with van der Waals surface area (Å²) in [6.45, 7) is 3.72. The van der Waals surface area contributed by atoms with Gasteiger partial charge >= 0.3 is 0 Å². The van der Waals surface area contributed by atoms with Gasteiger partial charge in [-0.1, -0.05) is 12.1 Å². The number of nitrogens with one attached hydrogen (secondary N) is 1. The Balaban J connectivity index is 1.74. The first-order valence-corrected chi connectivity index (χ1v) is 9.41. The predicted octanol–water partition coefficient (Wildman–Crippen LogP) is 1.64. The SMILES string of the molecule is COc1ccc(CN=C(NCc2nnc(C)n2C)N(C)Cc2cnn(C)c2)cc1. The van der Waals surface area contributed by atoms with E-state index >= 15 is 0 Å². The Morgan fingerprint density at radius 1 is 1.17 bits per heavy atom. The zero-order valence-corrected chi connectivity index (χ0v) is 17.6. The Labute approximate surface area is 171 Å². The zero-order chi connectivity index (χ0) is 20.8. The maximum atomic E-state index is 5.22. The molecule has 0 saturated heterocycles. The first-order chi connectivity index (χ1) is 14.0. The molecule has 3 aromatic rings. The summed E-state index contributed by atoms with van der Waals surface area (Å²) < 4.78 is 8.99. The highest BCUT2D eigenvalue weighted by molar-refractivity contribution is 5.79. The number of aliphatic imine (C=N–C) groups is 1. The maximum absolute atomic E-state index is 5.22. The summed E-state index contributed by atoms with van der Waals surface area (Å²) in [7, 11) is 7.54. The van der Waals surface area contributed by atoms with E-state index in [4.69, 9.17) is 9.73 Å². The lowest BCUT2D eigenvalue weighted by Crippen LogP contribution is -2.38. The predicted molar refractivity (Wildman–Crippen MR) is 111 cm³/mol. The van der Waals surface area contributed by atoms with Crippen LogP contribution in [0, 0.1) is 6.92 Å². The van der Waals surface area contributed by atoms with E-state index in [1.807, 2.05) is 69.3 Å². The third kappa shape index (κ3) is 5.34. The number of methoxy groups -OCH3 is 1. The first kappa shape index (κ1) is 20.4. The zero-order valence-electron chi connectivity index (χ0n) is 17.6. The van der Waals surface area contributed by atoms with Gasteiger partial charge in [-0.25, -0.2) is 4.99 Å². The fourth-order valence-corrected chi connectivity index (χ4v) is 2.87. The van der Waals surface area contributed by atoms with Crippen molar-refractivity contribution in [3.63, 3.8) is 0 Å². The van der Waals surface area contributed by atoms with Crippen molar-refractivity contribution < 1.29 is 4.74 Å². The molecular formula is C20H28N8O. The summed E-state index contributed by atoms with van der Waals surface area (Å²) >= 11 is 0. The molecule has 1 N–H and O–H groups in total. The van der Waals surface area contributed by atoms with Gasteiger partial charge in [0.2, 0.25) is 0 Å². The molecule has 0 spiro atoms. The smallest absolute Gasteiger partial charge is 0.194 e. The van der Waals surface area contributed by atoms with Crippen LogP contribution >= 0.6 is 0 Å². The van der Waals surface area contributed by atoms with E-state index in [0.717, 1.165) is 34.5 Å². The molecule has 2 heterocycles. The fraction of sp³-hybridized carbons (Fsp3) is 0.400. The second kappa shape index (κ2) is 9.22. The van der Waals surface area contributed by atoms with Crippen molar-refractivity contribution in [2.24, 2.45) is 19.1 Å². The van der Waals surface area contributed by atoms with Crippen molar-refractivity contribution in [3.05, 3.63) is 59.4 Å². The van der Waals surface area contributed by atoms with Gasteiger partial charge in [-0.2, -0.15) is 5.10 Å². The van der Waals surface area contributed by atoms with Gasteiger partial charge < -0.3 is 19.5 Å². The first-order valence-electron chi connectivity index (χ1n) is 9.41. The third-order valence-corrected chi connectivity index (χ3v) is 4.70. The van der Waals surface area contributed by atoms with Crippen molar-refractivity contribution >= 4 is 5.96 Å². The molecule has 0 amide bonds. The monoisotopic (exact) mass is 396 g/mol. The van der Waals surface area contributed by atoms with E-state index in [1.165, 1.54) is 0 Å². The second-order valence-corrected chi connectivity index (χ2v) is 6.94. The lowest BCUT2D eigenvalue weighted by atomic mass is 10.2. The second-order valence-electron chi connectivity index (χ2n) is 6.94. The number of benzene rings is 1. The van der Waals surface area contributed by atoms with Crippen LogP contribution in [0.4, 0.5) is 0 Å². The number of ether oxygens (including phenoxy) is 1. The number of guanidine groups is 1. The average Bonchev–Trinajstić information content (AvgIpc) is 3.27. The Morgan fingerprint density at radius 3 is 2.52 bits per heavy atom. The van der Waals surface area contributed by atoms with E-state index in [9.17, 15) is 0 Å². The molecule has 0 aliphatic heterocycles. The molecule has 3 rings (SSSR count). The minimum atomic E-state index is 0.538. The molecule has 0 bridgehead atoms. The highest BCUT2D eigenvalue weighted by atomic mass is 16.5. The van der Waals surface area contributed by atoms with E-state index < -0.39 is 0 Å². The van der Waals surface area contributed by atoms with Crippen LogP contribution in [0.2, 0.25) is 0 Å². The molecule has 9 nitrogen and oxygen atoms in total. The third-order valence-electron chi connectivity index (χ3n) is 4.70. The summed E-state index contributed by atoms with van der Waals surface area (Å²) in [4.78, 5) is 6.88. The van der Waals surface area contributed by atoms with Crippen LogP contribution in [-0.4, -0.2) is 49.6 Å². The molecule has 0 aliphatic rings. The van der Waals surface area contributed by atoms with E-state index in [1.54, 1.807) is 11.8 Å². The lowest BCUT2D eigenvalue weighted by Gasteiger charge is -2.22. The molecule has 9 heteroatoms. The van der Waals surface area contributed by atoms with Crippen LogP contribution in [0.5, 0.6) is 5.75 Å². The van der Waals surface area contributed by atoms with Crippen LogP contribution in [0.15, 0.2) is 41.7 Å². The van der Waals surface area contributed by atoms with Crippen molar-refractivity contribution in [2.45, 2.75) is 26.6 Å². The molecule has 29 heavy (non-hydrogen) atoms. The summed E-state index contributed by atoms with van der Waals surface area (Å²) in [5.74, 6) is 3.35. The lowest BCUT2D eigenvalue weighted by molar-refractivity contribution is 0.414. The normalized spacial score (nSPS) is 11.6. The molecule has 0 atom stereocenters. The average molecular weight is 396 g/mol. The van der Waals surface area contributed by atoms with E-state index in [-0.39, 0.29) is 0 Å². The Morgan fingerprint density at radius 2 is 1.93 bits per heavy atom. The topological polar surface area (TPSA) is 85.4 Å². The quantitative estimate of drug-likeness (QED) is 0.483. The number of aromatic nitrogens is 5. The fourth-order valence-electron chi connectivity index (χ4n) is 2.87. The number of rotatable bonds is 7. The van der Waals surface area contributed by atoms with Crippen LogP contribution in [-0.2, 0) is 33.7 Å². The summed E-state index contributed by atoms with van der Waals surface area (Å²) in [6, 6.07) is 7.93. The van der Waals surface area contributed by atoms with Crippen LogP contribution < -0.4 is 10.1 Å². The number of nitrogens with zero attached hydrogens (tertiary/aromatic N) is 7.